The van der Waals surface area contributed by atoms with Gasteiger partial charge in [0.15, 0.2) is 0 Å². The fraction of sp³-hybridized carbons (Fsp3) is 0.273. The predicted octanol–water partition coefficient (Wildman–Crippen LogP) is 3.84. The maximum atomic E-state index is 14.7. The number of nitriles is 1. The van der Waals surface area contributed by atoms with E-state index >= 15 is 0 Å². The summed E-state index contributed by atoms with van der Waals surface area (Å²) in [5.41, 5.74) is -0.221. The number of hydrogen-bond acceptors (Lipinski definition) is 6. The summed E-state index contributed by atoms with van der Waals surface area (Å²) in [6.07, 6.45) is 2.76. The van der Waals surface area contributed by atoms with Gasteiger partial charge in [0.2, 0.25) is 0 Å². The molecule has 3 aromatic rings. The van der Waals surface area contributed by atoms with Crippen molar-refractivity contribution in [2.75, 3.05) is 5.75 Å². The van der Waals surface area contributed by atoms with Gasteiger partial charge in [0.1, 0.15) is 29.9 Å². The molecule has 2 aromatic carbocycles. The van der Waals surface area contributed by atoms with Crippen molar-refractivity contribution in [1.29, 1.82) is 5.26 Å². The molecule has 0 amide bonds. The first-order chi connectivity index (χ1) is 14.9. The maximum absolute atomic E-state index is 14.7. The smallest absolute Gasteiger partial charge is 0.137 e. The Bertz CT molecular complexity index is 1140. The Kier molecular flexibility index (Phi) is 5.85. The lowest BCUT2D eigenvalue weighted by Gasteiger charge is -2.34. The van der Waals surface area contributed by atoms with Crippen LogP contribution in [-0.2, 0) is 12.1 Å². The van der Waals surface area contributed by atoms with Gasteiger partial charge in [-0.3, -0.25) is 4.99 Å². The summed E-state index contributed by atoms with van der Waals surface area (Å²) in [4.78, 5) is 8.66. The summed E-state index contributed by atoms with van der Waals surface area (Å²) in [5, 5.41) is 25.4. The highest BCUT2D eigenvalue weighted by Crippen LogP contribution is 2.41. The van der Waals surface area contributed by atoms with E-state index in [0.717, 1.165) is 17.7 Å². The molecular weight excluding hydrogens is 420 g/mol. The van der Waals surface area contributed by atoms with Crippen molar-refractivity contribution in [3.05, 3.63) is 83.4 Å². The largest absolute Gasteiger partial charge is 0.382 e. The molecule has 0 saturated heterocycles. The van der Waals surface area contributed by atoms with Crippen LogP contribution in [0.15, 0.2) is 60.1 Å². The van der Waals surface area contributed by atoms with Crippen molar-refractivity contribution in [2.24, 2.45) is 10.9 Å². The minimum Gasteiger partial charge on any atom is -0.382 e. The average molecular weight is 439 g/mol. The molecule has 4 rings (SSSR count). The van der Waals surface area contributed by atoms with Crippen LogP contribution < -0.4 is 0 Å². The van der Waals surface area contributed by atoms with Gasteiger partial charge in [0, 0.05) is 23.3 Å². The Labute approximate surface area is 182 Å². The molecular formula is C22H19F2N5OS. The van der Waals surface area contributed by atoms with E-state index in [1.807, 2.05) is 12.1 Å². The summed E-state index contributed by atoms with van der Waals surface area (Å²) < 4.78 is 29.6. The molecule has 0 saturated carbocycles. The van der Waals surface area contributed by atoms with Crippen LogP contribution in [-0.4, -0.2) is 30.7 Å². The second-order valence-corrected chi connectivity index (χ2v) is 8.43. The Hall–Kier alpha value is -3.09. The lowest BCUT2D eigenvalue weighted by atomic mass is 9.82. The van der Waals surface area contributed by atoms with Crippen molar-refractivity contribution >= 4 is 16.8 Å². The van der Waals surface area contributed by atoms with Crippen LogP contribution in [0.4, 0.5) is 8.78 Å². The van der Waals surface area contributed by atoms with Crippen molar-refractivity contribution in [3.63, 3.8) is 0 Å². The Morgan fingerprint density at radius 3 is 2.71 bits per heavy atom. The van der Waals surface area contributed by atoms with E-state index in [2.05, 4.69) is 16.2 Å². The van der Waals surface area contributed by atoms with Crippen molar-refractivity contribution < 1.29 is 13.9 Å². The third-order valence-corrected chi connectivity index (χ3v) is 6.69. The second kappa shape index (κ2) is 8.57. The van der Waals surface area contributed by atoms with Gasteiger partial charge >= 0.3 is 0 Å². The van der Waals surface area contributed by atoms with Crippen LogP contribution in [0.25, 0.3) is 0 Å². The Morgan fingerprint density at radius 2 is 2.06 bits per heavy atom. The Morgan fingerprint density at radius 1 is 1.29 bits per heavy atom. The molecule has 0 aliphatic carbocycles. The molecule has 0 radical (unpaired) electrons. The summed E-state index contributed by atoms with van der Waals surface area (Å²) in [5.74, 6) is -1.48. The molecule has 9 heteroatoms. The fourth-order valence-electron chi connectivity index (χ4n) is 3.64. The number of hydrogen-bond donors (Lipinski definition) is 1. The predicted molar refractivity (Wildman–Crippen MR) is 113 cm³/mol. The van der Waals surface area contributed by atoms with Crippen LogP contribution in [0.2, 0.25) is 0 Å². The van der Waals surface area contributed by atoms with E-state index < -0.39 is 23.2 Å². The first-order valence-electron chi connectivity index (χ1n) is 9.61. The molecule has 1 aliphatic rings. The van der Waals surface area contributed by atoms with Gasteiger partial charge < -0.3 is 5.11 Å². The third-order valence-electron chi connectivity index (χ3n) is 5.45. The number of halogens is 2. The summed E-state index contributed by atoms with van der Waals surface area (Å²) >= 11 is 1.49. The van der Waals surface area contributed by atoms with Gasteiger partial charge in [-0.2, -0.15) is 10.4 Å². The lowest BCUT2D eigenvalue weighted by molar-refractivity contribution is -0.0148. The number of rotatable bonds is 6. The summed E-state index contributed by atoms with van der Waals surface area (Å²) in [7, 11) is 0. The van der Waals surface area contributed by atoms with Gasteiger partial charge in [-0.15, -0.1) is 11.8 Å². The average Bonchev–Trinajstić information content (AvgIpc) is 3.45. The summed E-state index contributed by atoms with van der Waals surface area (Å²) in [6.45, 7) is 1.70. The number of aliphatic imine (C=N–C) groups is 1. The SMILES string of the molecule is CC(C1=NC(c2ccc(C#N)cc2)CS1)[C@](O)(Cn1cncn1)c1ccc(F)cc1F. The lowest BCUT2D eigenvalue weighted by Crippen LogP contribution is -2.42. The third kappa shape index (κ3) is 4.22. The van der Waals surface area contributed by atoms with Gasteiger partial charge in [-0.25, -0.2) is 18.4 Å². The van der Waals surface area contributed by atoms with E-state index in [9.17, 15) is 13.9 Å². The zero-order chi connectivity index (χ0) is 22.0. The quantitative estimate of drug-likeness (QED) is 0.631. The first kappa shape index (κ1) is 21.2. The molecule has 31 heavy (non-hydrogen) atoms. The molecule has 3 atom stereocenters. The van der Waals surface area contributed by atoms with Crippen molar-refractivity contribution in [1.82, 2.24) is 14.8 Å². The van der Waals surface area contributed by atoms with Crippen LogP contribution in [0, 0.1) is 28.9 Å². The first-order valence-corrected chi connectivity index (χ1v) is 10.6. The number of nitrogens with zero attached hydrogens (tertiary/aromatic N) is 5. The summed E-state index contributed by atoms with van der Waals surface area (Å²) in [6, 6.07) is 12.3. The minimum atomic E-state index is -1.73. The van der Waals surface area contributed by atoms with E-state index in [1.54, 1.807) is 19.1 Å². The molecule has 0 spiro atoms. The Balaban J connectivity index is 1.68. The van der Waals surface area contributed by atoms with E-state index in [0.29, 0.717) is 16.4 Å². The molecule has 158 valence electrons. The normalized spacial score (nSPS) is 18.8. The number of aliphatic hydroxyl groups is 1. The molecule has 6 nitrogen and oxygen atoms in total. The molecule has 0 bridgehead atoms. The van der Waals surface area contributed by atoms with Crippen molar-refractivity contribution in [2.45, 2.75) is 25.1 Å². The second-order valence-electron chi connectivity index (χ2n) is 7.39. The van der Waals surface area contributed by atoms with E-state index in [-0.39, 0.29) is 18.2 Å². The highest BCUT2D eigenvalue weighted by molar-refractivity contribution is 8.14. The zero-order valence-electron chi connectivity index (χ0n) is 16.6. The molecule has 1 aromatic heterocycles. The minimum absolute atomic E-state index is 0.0259. The molecule has 2 heterocycles. The number of aromatic nitrogens is 3. The molecule has 1 aliphatic heterocycles. The molecule has 2 unspecified atom stereocenters. The highest BCUT2D eigenvalue weighted by atomic mass is 32.2. The monoisotopic (exact) mass is 439 g/mol. The van der Waals surface area contributed by atoms with Crippen LogP contribution in [0.1, 0.15) is 29.7 Å². The van der Waals surface area contributed by atoms with Crippen LogP contribution in [0.3, 0.4) is 0 Å². The van der Waals surface area contributed by atoms with E-state index in [4.69, 9.17) is 10.3 Å². The standard InChI is InChI=1S/C22H19F2N5OS/c1-14(21-28-20(10-31-21)16-4-2-15(9-25)3-5-16)22(30,11-29-13-26-12-27-29)18-7-6-17(23)8-19(18)24/h2-8,12-14,20,30H,10-11H2,1H3/t14?,20?,22-/m1/s1. The molecule has 0 fully saturated rings. The molecule has 1 N–H and O–H groups in total. The number of thioether (sulfide) groups is 1. The van der Waals surface area contributed by atoms with E-state index in [1.165, 1.54) is 35.2 Å². The topological polar surface area (TPSA) is 87.1 Å². The maximum Gasteiger partial charge on any atom is 0.137 e. The van der Waals surface area contributed by atoms with Crippen LogP contribution >= 0.6 is 11.8 Å². The highest BCUT2D eigenvalue weighted by Gasteiger charge is 2.43. The van der Waals surface area contributed by atoms with Gasteiger partial charge in [0.25, 0.3) is 0 Å². The van der Waals surface area contributed by atoms with Crippen molar-refractivity contribution in [3.8, 4) is 6.07 Å². The van der Waals surface area contributed by atoms with Gasteiger partial charge in [-0.1, -0.05) is 25.1 Å². The zero-order valence-corrected chi connectivity index (χ0v) is 17.4. The van der Waals surface area contributed by atoms with Crippen LogP contribution in [0.5, 0.6) is 0 Å². The fourth-order valence-corrected chi connectivity index (χ4v) is 4.88. The van der Waals surface area contributed by atoms with Gasteiger partial charge in [-0.05, 0) is 23.8 Å². The number of benzene rings is 2. The van der Waals surface area contributed by atoms with Gasteiger partial charge in [0.05, 0.1) is 29.3 Å².